The molecule has 1 aliphatic heterocycles. The van der Waals surface area contributed by atoms with E-state index < -0.39 is 0 Å². The van der Waals surface area contributed by atoms with E-state index in [0.717, 1.165) is 19.4 Å². The van der Waals surface area contributed by atoms with Crippen LogP contribution in [0.4, 0.5) is 0 Å². The van der Waals surface area contributed by atoms with Gasteiger partial charge in [0.2, 0.25) is 5.91 Å². The molecule has 94 valence electrons. The number of carbonyl (C=O) groups excluding carboxylic acids is 1. The predicted molar refractivity (Wildman–Crippen MR) is 66.5 cm³/mol. The zero-order valence-electron chi connectivity index (χ0n) is 10.5. The normalized spacial score (nSPS) is 20.5. The number of nitrogens with zero attached hydrogens (tertiary/aromatic N) is 3. The molecule has 0 N–H and O–H groups in total. The van der Waals surface area contributed by atoms with Gasteiger partial charge in [0.25, 0.3) is 0 Å². The van der Waals surface area contributed by atoms with Crippen LogP contribution in [0.5, 0.6) is 0 Å². The van der Waals surface area contributed by atoms with E-state index in [1.54, 1.807) is 6.20 Å². The Labute approximate surface area is 103 Å². The molecule has 0 bridgehead atoms. The Morgan fingerprint density at radius 3 is 3.06 bits per heavy atom. The minimum atomic E-state index is 0.284. The Balaban J connectivity index is 1.85. The summed E-state index contributed by atoms with van der Waals surface area (Å²) in [7, 11) is 0. The van der Waals surface area contributed by atoms with Crippen LogP contribution in [0, 0.1) is 0 Å². The molecule has 1 atom stereocenters. The van der Waals surface area contributed by atoms with Crippen molar-refractivity contribution in [1.29, 1.82) is 0 Å². The van der Waals surface area contributed by atoms with Crippen LogP contribution in [0.1, 0.15) is 39.0 Å². The summed E-state index contributed by atoms with van der Waals surface area (Å²) in [6.45, 7) is 3.80. The van der Waals surface area contributed by atoms with Gasteiger partial charge in [-0.2, -0.15) is 5.10 Å². The van der Waals surface area contributed by atoms with Crippen molar-refractivity contribution in [2.45, 2.75) is 51.6 Å². The molecule has 0 saturated carbocycles. The molecule has 1 aromatic rings. The van der Waals surface area contributed by atoms with E-state index in [0.29, 0.717) is 19.0 Å². The molecule has 1 aliphatic rings. The topological polar surface area (TPSA) is 38.1 Å². The molecule has 2 heterocycles. The van der Waals surface area contributed by atoms with E-state index in [9.17, 15) is 4.79 Å². The molecule has 0 spiro atoms. The van der Waals surface area contributed by atoms with Crippen molar-refractivity contribution in [3.05, 3.63) is 18.5 Å². The third-order valence-corrected chi connectivity index (χ3v) is 3.53. The van der Waals surface area contributed by atoms with Gasteiger partial charge in [-0.3, -0.25) is 9.48 Å². The van der Waals surface area contributed by atoms with Crippen LogP contribution in [-0.4, -0.2) is 33.2 Å². The molecule has 1 aromatic heterocycles. The van der Waals surface area contributed by atoms with Crippen molar-refractivity contribution in [3.63, 3.8) is 0 Å². The second-order valence-corrected chi connectivity index (χ2v) is 4.66. The maximum absolute atomic E-state index is 12.1. The first-order valence-corrected chi connectivity index (χ1v) is 6.58. The average Bonchev–Trinajstić information content (AvgIpc) is 2.89. The minimum absolute atomic E-state index is 0.284. The van der Waals surface area contributed by atoms with Gasteiger partial charge in [0.05, 0.1) is 0 Å². The van der Waals surface area contributed by atoms with Gasteiger partial charge in [0.15, 0.2) is 0 Å². The summed E-state index contributed by atoms with van der Waals surface area (Å²) in [5.41, 5.74) is 0. The lowest BCUT2D eigenvalue weighted by Crippen LogP contribution is -2.43. The molecule has 0 unspecified atom stereocenters. The van der Waals surface area contributed by atoms with Gasteiger partial charge in [-0.25, -0.2) is 0 Å². The first-order chi connectivity index (χ1) is 8.31. The van der Waals surface area contributed by atoms with Crippen LogP contribution in [0.2, 0.25) is 0 Å². The second-order valence-electron chi connectivity index (χ2n) is 4.66. The number of aromatic nitrogens is 2. The Morgan fingerprint density at radius 1 is 1.47 bits per heavy atom. The monoisotopic (exact) mass is 235 g/mol. The standard InChI is InChI=1S/C13H21N3O/c1-2-12-6-3-4-10-16(12)13(17)7-11-15-9-5-8-14-15/h5,8-9,12H,2-4,6-7,10-11H2,1H3/t12-/m0/s1. The fraction of sp³-hybridized carbons (Fsp3) is 0.692. The number of amides is 1. The van der Waals surface area contributed by atoms with Gasteiger partial charge < -0.3 is 4.90 Å². The number of rotatable bonds is 4. The molecular formula is C13H21N3O. The van der Waals surface area contributed by atoms with Crippen molar-refractivity contribution in [3.8, 4) is 0 Å². The van der Waals surface area contributed by atoms with Gasteiger partial charge in [0.1, 0.15) is 0 Å². The van der Waals surface area contributed by atoms with E-state index in [-0.39, 0.29) is 5.91 Å². The summed E-state index contributed by atoms with van der Waals surface area (Å²) in [6.07, 6.45) is 8.89. The summed E-state index contributed by atoms with van der Waals surface area (Å²) >= 11 is 0. The lowest BCUT2D eigenvalue weighted by Gasteiger charge is -2.35. The molecule has 17 heavy (non-hydrogen) atoms. The number of piperidine rings is 1. The molecule has 0 radical (unpaired) electrons. The zero-order chi connectivity index (χ0) is 12.1. The summed E-state index contributed by atoms with van der Waals surface area (Å²) < 4.78 is 1.82. The first kappa shape index (κ1) is 12.1. The molecule has 1 saturated heterocycles. The van der Waals surface area contributed by atoms with Crippen LogP contribution in [0.3, 0.4) is 0 Å². The molecular weight excluding hydrogens is 214 g/mol. The van der Waals surface area contributed by atoms with E-state index in [1.165, 1.54) is 12.8 Å². The minimum Gasteiger partial charge on any atom is -0.340 e. The largest absolute Gasteiger partial charge is 0.340 e. The summed E-state index contributed by atoms with van der Waals surface area (Å²) in [6, 6.07) is 2.36. The third-order valence-electron chi connectivity index (χ3n) is 3.53. The average molecular weight is 235 g/mol. The summed E-state index contributed by atoms with van der Waals surface area (Å²) in [4.78, 5) is 14.2. The van der Waals surface area contributed by atoms with E-state index in [1.807, 2.05) is 16.9 Å². The maximum atomic E-state index is 12.1. The van der Waals surface area contributed by atoms with Crippen LogP contribution in [-0.2, 0) is 11.3 Å². The lowest BCUT2D eigenvalue weighted by atomic mass is 9.99. The highest BCUT2D eigenvalue weighted by Crippen LogP contribution is 2.20. The van der Waals surface area contributed by atoms with Crippen LogP contribution in [0.15, 0.2) is 18.5 Å². The number of likely N-dealkylation sites (tertiary alicyclic amines) is 1. The fourth-order valence-corrected chi connectivity index (χ4v) is 2.54. The van der Waals surface area contributed by atoms with E-state index in [4.69, 9.17) is 0 Å². The summed E-state index contributed by atoms with van der Waals surface area (Å²) in [5, 5.41) is 4.12. The Morgan fingerprint density at radius 2 is 2.35 bits per heavy atom. The molecule has 1 fully saturated rings. The lowest BCUT2D eigenvalue weighted by molar-refractivity contribution is -0.135. The van der Waals surface area contributed by atoms with Gasteiger partial charge in [-0.05, 0) is 31.7 Å². The number of carbonyl (C=O) groups is 1. The van der Waals surface area contributed by atoms with Crippen molar-refractivity contribution in [2.75, 3.05) is 6.54 Å². The first-order valence-electron chi connectivity index (χ1n) is 6.58. The van der Waals surface area contributed by atoms with Crippen LogP contribution >= 0.6 is 0 Å². The molecule has 0 aromatic carbocycles. The predicted octanol–water partition coefficient (Wildman–Crippen LogP) is 2.06. The molecule has 4 nitrogen and oxygen atoms in total. The van der Waals surface area contributed by atoms with Gasteiger partial charge in [-0.1, -0.05) is 6.92 Å². The smallest absolute Gasteiger partial charge is 0.224 e. The Hall–Kier alpha value is -1.32. The number of hydrogen-bond acceptors (Lipinski definition) is 2. The number of hydrogen-bond donors (Lipinski definition) is 0. The van der Waals surface area contributed by atoms with Crippen LogP contribution < -0.4 is 0 Å². The molecule has 4 heteroatoms. The van der Waals surface area contributed by atoms with Gasteiger partial charge in [-0.15, -0.1) is 0 Å². The third kappa shape index (κ3) is 3.08. The molecule has 0 aliphatic carbocycles. The second kappa shape index (κ2) is 5.84. The summed E-state index contributed by atoms with van der Waals surface area (Å²) in [5.74, 6) is 0.284. The quantitative estimate of drug-likeness (QED) is 0.801. The van der Waals surface area contributed by atoms with Gasteiger partial charge >= 0.3 is 0 Å². The SMILES string of the molecule is CC[C@H]1CCCCN1C(=O)CCn1cccn1. The van der Waals surface area contributed by atoms with Crippen molar-refractivity contribution in [1.82, 2.24) is 14.7 Å². The highest BCUT2D eigenvalue weighted by molar-refractivity contribution is 5.76. The van der Waals surface area contributed by atoms with Crippen LogP contribution in [0.25, 0.3) is 0 Å². The van der Waals surface area contributed by atoms with E-state index >= 15 is 0 Å². The fourth-order valence-electron chi connectivity index (χ4n) is 2.54. The zero-order valence-corrected chi connectivity index (χ0v) is 10.5. The highest BCUT2D eigenvalue weighted by Gasteiger charge is 2.24. The van der Waals surface area contributed by atoms with Gasteiger partial charge in [0, 0.05) is 37.9 Å². The van der Waals surface area contributed by atoms with Crippen molar-refractivity contribution in [2.24, 2.45) is 0 Å². The Kier molecular flexibility index (Phi) is 4.18. The maximum Gasteiger partial charge on any atom is 0.224 e. The van der Waals surface area contributed by atoms with Crippen molar-refractivity contribution >= 4 is 5.91 Å². The Bertz CT molecular complexity index is 348. The van der Waals surface area contributed by atoms with Crippen molar-refractivity contribution < 1.29 is 4.79 Å². The number of aryl methyl sites for hydroxylation is 1. The molecule has 1 amide bonds. The van der Waals surface area contributed by atoms with E-state index in [2.05, 4.69) is 16.9 Å². The highest BCUT2D eigenvalue weighted by atomic mass is 16.2. The molecule has 2 rings (SSSR count).